The Morgan fingerprint density at radius 1 is 0.700 bits per heavy atom. The second-order valence-electron chi connectivity index (χ2n) is 6.48. The van der Waals surface area contributed by atoms with Gasteiger partial charge in [0.1, 0.15) is 0 Å². The Morgan fingerprint density at radius 3 is 1.35 bits per heavy atom. The van der Waals surface area contributed by atoms with Crippen molar-refractivity contribution in [1.82, 2.24) is 0 Å². The molecule has 0 aliphatic heterocycles. The van der Waals surface area contributed by atoms with E-state index in [-0.39, 0.29) is 24.8 Å². The van der Waals surface area contributed by atoms with Gasteiger partial charge in [0.2, 0.25) is 0 Å². The zero-order chi connectivity index (χ0) is 15.2. The summed E-state index contributed by atoms with van der Waals surface area (Å²) in [5, 5.41) is 0. The van der Waals surface area contributed by atoms with E-state index in [9.17, 15) is 0 Å². The number of hydrogen-bond acceptors (Lipinski definition) is 4. The first kappa shape index (κ1) is 16.8. The van der Waals surface area contributed by atoms with Crippen LogP contribution < -0.4 is 9.47 Å². The molecule has 0 N–H and O–H groups in total. The molecule has 0 amide bonds. The van der Waals surface area contributed by atoms with Gasteiger partial charge in [-0.3, -0.25) is 0 Å². The van der Waals surface area contributed by atoms with Crippen molar-refractivity contribution in [1.29, 1.82) is 0 Å². The predicted octanol–water partition coefficient (Wildman–Crippen LogP) is 3.99. The van der Waals surface area contributed by atoms with Crippen molar-refractivity contribution in [2.45, 2.75) is 52.7 Å². The minimum absolute atomic E-state index is 0.185. The molecular weight excluding hydrogens is 256 g/mol. The van der Waals surface area contributed by atoms with E-state index >= 15 is 0 Å². The van der Waals surface area contributed by atoms with Crippen LogP contribution in [0.1, 0.15) is 41.5 Å². The second-order valence-corrected chi connectivity index (χ2v) is 6.48. The van der Waals surface area contributed by atoms with Gasteiger partial charge in [0.05, 0.1) is 11.2 Å². The van der Waals surface area contributed by atoms with Crippen molar-refractivity contribution in [3.8, 4) is 11.5 Å². The smallest absolute Gasteiger partial charge is 0.189 e. The van der Waals surface area contributed by atoms with Crippen molar-refractivity contribution in [2.75, 3.05) is 13.6 Å². The molecule has 0 radical (unpaired) electrons. The van der Waals surface area contributed by atoms with Crippen LogP contribution in [-0.4, -0.2) is 24.8 Å². The first-order valence-corrected chi connectivity index (χ1v) is 6.80. The average molecular weight is 282 g/mol. The van der Waals surface area contributed by atoms with E-state index in [1.165, 1.54) is 0 Å². The SMILES string of the molecule is CC(C)(C)OCOc1ccccc1OCOC(C)(C)C. The molecule has 4 heteroatoms. The normalized spacial score (nSPS) is 12.3. The lowest BCUT2D eigenvalue weighted by Gasteiger charge is -2.22. The van der Waals surface area contributed by atoms with Crippen molar-refractivity contribution in [3.63, 3.8) is 0 Å². The van der Waals surface area contributed by atoms with Crippen LogP contribution in [0.5, 0.6) is 11.5 Å². The highest BCUT2D eigenvalue weighted by Crippen LogP contribution is 2.27. The first-order chi connectivity index (χ1) is 9.17. The fraction of sp³-hybridized carbons (Fsp3) is 0.625. The second kappa shape index (κ2) is 6.95. The van der Waals surface area contributed by atoms with Gasteiger partial charge < -0.3 is 18.9 Å². The van der Waals surface area contributed by atoms with Crippen LogP contribution >= 0.6 is 0 Å². The topological polar surface area (TPSA) is 36.9 Å². The summed E-state index contributed by atoms with van der Waals surface area (Å²) in [7, 11) is 0. The molecule has 0 fully saturated rings. The molecule has 0 spiro atoms. The van der Waals surface area contributed by atoms with Gasteiger partial charge in [-0.25, -0.2) is 0 Å². The Morgan fingerprint density at radius 2 is 1.05 bits per heavy atom. The van der Waals surface area contributed by atoms with E-state index in [1.54, 1.807) is 0 Å². The maximum Gasteiger partial charge on any atom is 0.189 e. The molecule has 4 nitrogen and oxygen atoms in total. The summed E-state index contributed by atoms with van der Waals surface area (Å²) in [4.78, 5) is 0. The van der Waals surface area contributed by atoms with Gasteiger partial charge in [-0.1, -0.05) is 12.1 Å². The van der Waals surface area contributed by atoms with Crippen LogP contribution in [0.25, 0.3) is 0 Å². The number of rotatable bonds is 6. The van der Waals surface area contributed by atoms with Crippen molar-refractivity contribution in [2.24, 2.45) is 0 Å². The molecule has 1 rings (SSSR count). The molecule has 0 aliphatic carbocycles. The highest BCUT2D eigenvalue weighted by molar-refractivity contribution is 5.39. The lowest BCUT2D eigenvalue weighted by Crippen LogP contribution is -2.23. The molecule has 0 aliphatic rings. The number of benzene rings is 1. The summed E-state index contributed by atoms with van der Waals surface area (Å²) in [6.45, 7) is 12.3. The molecule has 0 aromatic heterocycles. The van der Waals surface area contributed by atoms with Crippen molar-refractivity contribution >= 4 is 0 Å². The largest absolute Gasteiger partial charge is 0.464 e. The summed E-state index contributed by atoms with van der Waals surface area (Å²) < 4.78 is 22.3. The molecule has 0 heterocycles. The number of hydrogen-bond donors (Lipinski definition) is 0. The molecule has 0 bridgehead atoms. The summed E-state index contributed by atoms with van der Waals surface area (Å²) in [5.41, 5.74) is -0.462. The van der Waals surface area contributed by atoms with Crippen LogP contribution in [0, 0.1) is 0 Å². The highest BCUT2D eigenvalue weighted by Gasteiger charge is 2.13. The van der Waals surface area contributed by atoms with Gasteiger partial charge in [-0.15, -0.1) is 0 Å². The van der Waals surface area contributed by atoms with E-state index in [2.05, 4.69) is 0 Å². The summed E-state index contributed by atoms with van der Waals surface area (Å²) >= 11 is 0. The van der Waals surface area contributed by atoms with E-state index < -0.39 is 0 Å². The average Bonchev–Trinajstić information content (AvgIpc) is 2.28. The molecule has 0 saturated heterocycles. The molecule has 0 saturated carbocycles. The summed E-state index contributed by atoms with van der Waals surface area (Å²) in [6.07, 6.45) is 0. The highest BCUT2D eigenvalue weighted by atomic mass is 16.7. The van der Waals surface area contributed by atoms with Gasteiger partial charge in [-0.2, -0.15) is 0 Å². The van der Waals surface area contributed by atoms with Gasteiger partial charge in [0, 0.05) is 0 Å². The Kier molecular flexibility index (Phi) is 5.84. The molecule has 114 valence electrons. The van der Waals surface area contributed by atoms with E-state index in [4.69, 9.17) is 18.9 Å². The standard InChI is InChI=1S/C16H26O4/c1-15(2,3)19-11-17-13-9-7-8-10-14(13)18-12-20-16(4,5)6/h7-10H,11-12H2,1-6H3. The summed E-state index contributed by atoms with van der Waals surface area (Å²) in [6, 6.07) is 7.48. The maximum atomic E-state index is 5.59. The minimum atomic E-state index is -0.231. The molecule has 0 unspecified atom stereocenters. The third kappa shape index (κ3) is 7.36. The molecule has 20 heavy (non-hydrogen) atoms. The van der Waals surface area contributed by atoms with Gasteiger partial charge >= 0.3 is 0 Å². The molecule has 1 aromatic rings. The minimum Gasteiger partial charge on any atom is -0.464 e. The van der Waals surface area contributed by atoms with Crippen molar-refractivity contribution < 1.29 is 18.9 Å². The molecule has 0 atom stereocenters. The lowest BCUT2D eigenvalue weighted by atomic mass is 10.2. The van der Waals surface area contributed by atoms with Crippen LogP contribution in [0.4, 0.5) is 0 Å². The van der Waals surface area contributed by atoms with Crippen LogP contribution in [0.15, 0.2) is 24.3 Å². The molecule has 1 aromatic carbocycles. The molecular formula is C16H26O4. The quantitative estimate of drug-likeness (QED) is 0.739. The Balaban J connectivity index is 2.51. The number of para-hydroxylation sites is 2. The van der Waals surface area contributed by atoms with Gasteiger partial charge in [0.15, 0.2) is 25.1 Å². The van der Waals surface area contributed by atoms with Crippen LogP contribution in [0.2, 0.25) is 0 Å². The van der Waals surface area contributed by atoms with Gasteiger partial charge in [-0.05, 0) is 53.7 Å². The predicted molar refractivity (Wildman–Crippen MR) is 79.1 cm³/mol. The maximum absolute atomic E-state index is 5.59. The fourth-order valence-electron chi connectivity index (χ4n) is 1.23. The van der Waals surface area contributed by atoms with Crippen molar-refractivity contribution in [3.05, 3.63) is 24.3 Å². The lowest BCUT2D eigenvalue weighted by molar-refractivity contribution is -0.0856. The zero-order valence-corrected chi connectivity index (χ0v) is 13.4. The van der Waals surface area contributed by atoms with E-state index in [0.717, 1.165) is 0 Å². The van der Waals surface area contributed by atoms with Crippen LogP contribution in [-0.2, 0) is 9.47 Å². The Bertz CT molecular complexity index is 363. The third-order valence-corrected chi connectivity index (χ3v) is 2.26. The fourth-order valence-corrected chi connectivity index (χ4v) is 1.23. The van der Waals surface area contributed by atoms with E-state index in [0.29, 0.717) is 11.5 Å². The van der Waals surface area contributed by atoms with Crippen LogP contribution in [0.3, 0.4) is 0 Å². The Labute approximate surface area is 122 Å². The first-order valence-electron chi connectivity index (χ1n) is 6.80. The monoisotopic (exact) mass is 282 g/mol. The number of ether oxygens (including phenoxy) is 4. The third-order valence-electron chi connectivity index (χ3n) is 2.26. The van der Waals surface area contributed by atoms with E-state index in [1.807, 2.05) is 65.8 Å². The van der Waals surface area contributed by atoms with Gasteiger partial charge in [0.25, 0.3) is 0 Å². The zero-order valence-electron chi connectivity index (χ0n) is 13.4. The Hall–Kier alpha value is -1.26. The summed E-state index contributed by atoms with van der Waals surface area (Å²) in [5.74, 6) is 1.29.